The van der Waals surface area contributed by atoms with E-state index < -0.39 is 0 Å². The van der Waals surface area contributed by atoms with E-state index in [1.54, 1.807) is 0 Å². The van der Waals surface area contributed by atoms with Crippen molar-refractivity contribution >= 4 is 0 Å². The Kier molecular flexibility index (Phi) is 3.50. The van der Waals surface area contributed by atoms with Gasteiger partial charge in [-0.25, -0.2) is 0 Å². The summed E-state index contributed by atoms with van der Waals surface area (Å²) in [6.45, 7) is 6.96. The van der Waals surface area contributed by atoms with Gasteiger partial charge in [-0.3, -0.25) is 4.90 Å². The minimum atomic E-state index is 0.245. The van der Waals surface area contributed by atoms with E-state index in [-0.39, 0.29) is 5.54 Å². The van der Waals surface area contributed by atoms with Crippen LogP contribution in [-0.4, -0.2) is 29.6 Å². The minimum Gasteiger partial charge on any atom is -0.328 e. The molecule has 2 nitrogen and oxygen atoms in total. The van der Waals surface area contributed by atoms with Gasteiger partial charge in [0, 0.05) is 24.7 Å². The van der Waals surface area contributed by atoms with Gasteiger partial charge < -0.3 is 5.73 Å². The first-order valence-corrected chi connectivity index (χ1v) is 6.50. The Bertz CT molecular complexity index is 285. The topological polar surface area (TPSA) is 29.3 Å². The Hall–Kier alpha value is -0.600. The molecule has 0 aromatic carbocycles. The van der Waals surface area contributed by atoms with E-state index in [1.807, 2.05) is 0 Å². The maximum atomic E-state index is 5.99. The fourth-order valence-electron chi connectivity index (χ4n) is 2.97. The third-order valence-corrected chi connectivity index (χ3v) is 4.21. The van der Waals surface area contributed by atoms with E-state index in [0.717, 1.165) is 32.4 Å². The molecule has 0 saturated carbocycles. The molecule has 0 radical (unpaired) electrons. The average Bonchev–Trinajstić information content (AvgIpc) is 2.30. The molecule has 1 aliphatic carbocycles. The molecule has 2 heteroatoms. The van der Waals surface area contributed by atoms with Gasteiger partial charge in [0.2, 0.25) is 0 Å². The Balaban J connectivity index is 2.14. The second-order valence-electron chi connectivity index (χ2n) is 5.46. The van der Waals surface area contributed by atoms with E-state index in [1.165, 1.54) is 0 Å². The van der Waals surface area contributed by atoms with Crippen LogP contribution in [0, 0.1) is 5.92 Å². The molecule has 1 unspecified atom stereocenters. The zero-order valence-corrected chi connectivity index (χ0v) is 10.5. The van der Waals surface area contributed by atoms with Crippen LogP contribution in [0.4, 0.5) is 0 Å². The molecule has 1 fully saturated rings. The molecule has 1 heterocycles. The molecule has 0 aromatic rings. The number of likely N-dealkylation sites (tertiary alicyclic amines) is 1. The molecule has 0 spiro atoms. The number of piperidine rings is 1. The van der Waals surface area contributed by atoms with Crippen LogP contribution in [-0.2, 0) is 0 Å². The van der Waals surface area contributed by atoms with Crippen molar-refractivity contribution in [2.45, 2.75) is 44.7 Å². The summed E-state index contributed by atoms with van der Waals surface area (Å²) in [5.41, 5.74) is 6.23. The second kappa shape index (κ2) is 4.72. The Morgan fingerprint density at radius 2 is 1.94 bits per heavy atom. The maximum Gasteiger partial charge on any atom is 0.0451 e. The molecule has 2 N–H and O–H groups in total. The minimum absolute atomic E-state index is 0.245. The summed E-state index contributed by atoms with van der Waals surface area (Å²) in [5, 5.41) is 0. The van der Waals surface area contributed by atoms with Crippen molar-refractivity contribution in [3.8, 4) is 0 Å². The summed E-state index contributed by atoms with van der Waals surface area (Å²) in [5.74, 6) is 0.656. The SMILES string of the molecule is CC(C)C1(N2CCC(N)CC2)C=CC=CC1. The van der Waals surface area contributed by atoms with Gasteiger partial charge in [-0.1, -0.05) is 38.2 Å². The molecule has 0 amide bonds. The smallest absolute Gasteiger partial charge is 0.0451 e. The van der Waals surface area contributed by atoms with Crippen molar-refractivity contribution in [1.29, 1.82) is 0 Å². The van der Waals surface area contributed by atoms with Crippen molar-refractivity contribution in [3.05, 3.63) is 24.3 Å². The van der Waals surface area contributed by atoms with Crippen molar-refractivity contribution in [3.63, 3.8) is 0 Å². The fourth-order valence-corrected chi connectivity index (χ4v) is 2.97. The summed E-state index contributed by atoms with van der Waals surface area (Å²) >= 11 is 0. The van der Waals surface area contributed by atoms with Gasteiger partial charge >= 0.3 is 0 Å². The van der Waals surface area contributed by atoms with E-state index >= 15 is 0 Å². The van der Waals surface area contributed by atoms with Gasteiger partial charge in [-0.15, -0.1) is 0 Å². The van der Waals surface area contributed by atoms with Crippen LogP contribution >= 0.6 is 0 Å². The van der Waals surface area contributed by atoms with Crippen molar-refractivity contribution in [2.75, 3.05) is 13.1 Å². The van der Waals surface area contributed by atoms with Crippen molar-refractivity contribution < 1.29 is 0 Å². The predicted molar refractivity (Wildman–Crippen MR) is 69.2 cm³/mol. The van der Waals surface area contributed by atoms with Gasteiger partial charge in [-0.2, -0.15) is 0 Å². The van der Waals surface area contributed by atoms with Crippen LogP contribution in [0.1, 0.15) is 33.1 Å². The van der Waals surface area contributed by atoms with Gasteiger partial charge in [-0.05, 0) is 25.2 Å². The zero-order valence-electron chi connectivity index (χ0n) is 10.5. The van der Waals surface area contributed by atoms with Gasteiger partial charge in [0.1, 0.15) is 0 Å². The van der Waals surface area contributed by atoms with Crippen LogP contribution in [0.2, 0.25) is 0 Å². The lowest BCUT2D eigenvalue weighted by Gasteiger charge is -2.48. The standard InChI is InChI=1S/C14H24N2/c1-12(2)14(8-4-3-5-9-14)16-10-6-13(15)7-11-16/h3-5,8,12-13H,6-7,9-11,15H2,1-2H3. The molecular formula is C14H24N2. The normalized spacial score (nSPS) is 32.5. The molecule has 1 aliphatic heterocycles. The van der Waals surface area contributed by atoms with Crippen LogP contribution < -0.4 is 5.73 Å². The molecule has 90 valence electrons. The first kappa shape index (κ1) is 11.9. The summed E-state index contributed by atoms with van der Waals surface area (Å²) in [6.07, 6.45) is 12.5. The highest BCUT2D eigenvalue weighted by Gasteiger charge is 2.38. The molecule has 0 aromatic heterocycles. The zero-order chi connectivity index (χ0) is 11.6. The molecule has 2 rings (SSSR count). The molecule has 1 atom stereocenters. The van der Waals surface area contributed by atoms with Crippen LogP contribution in [0.15, 0.2) is 24.3 Å². The number of allylic oxidation sites excluding steroid dienone is 2. The highest BCUT2D eigenvalue weighted by molar-refractivity contribution is 5.22. The van der Waals surface area contributed by atoms with E-state index in [9.17, 15) is 0 Å². The summed E-state index contributed by atoms with van der Waals surface area (Å²) in [7, 11) is 0. The quantitative estimate of drug-likeness (QED) is 0.774. The first-order valence-electron chi connectivity index (χ1n) is 6.50. The highest BCUT2D eigenvalue weighted by atomic mass is 15.2. The van der Waals surface area contributed by atoms with Crippen LogP contribution in [0.5, 0.6) is 0 Å². The monoisotopic (exact) mass is 220 g/mol. The summed E-state index contributed by atoms with van der Waals surface area (Å²) < 4.78 is 0. The lowest BCUT2D eigenvalue weighted by atomic mass is 9.78. The number of rotatable bonds is 2. The summed E-state index contributed by atoms with van der Waals surface area (Å²) in [4.78, 5) is 2.64. The molecule has 2 aliphatic rings. The van der Waals surface area contributed by atoms with Gasteiger partial charge in [0.15, 0.2) is 0 Å². The molecule has 0 bridgehead atoms. The van der Waals surface area contributed by atoms with Gasteiger partial charge in [0.25, 0.3) is 0 Å². The van der Waals surface area contributed by atoms with E-state index in [0.29, 0.717) is 12.0 Å². The second-order valence-corrected chi connectivity index (χ2v) is 5.46. The third-order valence-electron chi connectivity index (χ3n) is 4.21. The van der Waals surface area contributed by atoms with E-state index in [2.05, 4.69) is 43.1 Å². The molecular weight excluding hydrogens is 196 g/mol. The lowest BCUT2D eigenvalue weighted by Crippen LogP contribution is -2.55. The highest BCUT2D eigenvalue weighted by Crippen LogP contribution is 2.34. The van der Waals surface area contributed by atoms with Gasteiger partial charge in [0.05, 0.1) is 0 Å². The molecule has 1 saturated heterocycles. The lowest BCUT2D eigenvalue weighted by molar-refractivity contribution is 0.0621. The summed E-state index contributed by atoms with van der Waals surface area (Å²) in [6, 6.07) is 0.420. The van der Waals surface area contributed by atoms with Crippen LogP contribution in [0.25, 0.3) is 0 Å². The fraction of sp³-hybridized carbons (Fsp3) is 0.714. The number of nitrogens with zero attached hydrogens (tertiary/aromatic N) is 1. The molecule has 16 heavy (non-hydrogen) atoms. The van der Waals surface area contributed by atoms with Crippen LogP contribution in [0.3, 0.4) is 0 Å². The third kappa shape index (κ3) is 2.09. The average molecular weight is 220 g/mol. The Morgan fingerprint density at radius 3 is 2.44 bits per heavy atom. The van der Waals surface area contributed by atoms with E-state index in [4.69, 9.17) is 5.73 Å². The predicted octanol–water partition coefficient (Wildman–Crippen LogP) is 2.32. The number of hydrogen-bond donors (Lipinski definition) is 1. The maximum absolute atomic E-state index is 5.99. The largest absolute Gasteiger partial charge is 0.328 e. The van der Waals surface area contributed by atoms with Crippen molar-refractivity contribution in [2.24, 2.45) is 11.7 Å². The first-order chi connectivity index (χ1) is 7.65. The number of hydrogen-bond acceptors (Lipinski definition) is 2. The Morgan fingerprint density at radius 1 is 1.25 bits per heavy atom. The Labute approximate surface area is 99.2 Å². The van der Waals surface area contributed by atoms with Crippen molar-refractivity contribution in [1.82, 2.24) is 4.90 Å². The number of nitrogens with two attached hydrogens (primary N) is 1.